The van der Waals surface area contributed by atoms with Gasteiger partial charge in [-0.05, 0) is 78.3 Å². The number of rotatable bonds is 10. The Morgan fingerprint density at radius 1 is 1.02 bits per heavy atom. The summed E-state index contributed by atoms with van der Waals surface area (Å²) in [6, 6.07) is 12.6. The second kappa shape index (κ2) is 14.6. The maximum atomic E-state index is 15.2. The number of benzene rings is 3. The van der Waals surface area contributed by atoms with E-state index >= 15 is 4.39 Å². The lowest BCUT2D eigenvalue weighted by Gasteiger charge is -2.28. The van der Waals surface area contributed by atoms with Crippen molar-refractivity contribution < 1.29 is 41.4 Å². The van der Waals surface area contributed by atoms with Gasteiger partial charge >= 0.3 is 11.9 Å². The summed E-state index contributed by atoms with van der Waals surface area (Å²) in [5.41, 5.74) is 5.02. The summed E-state index contributed by atoms with van der Waals surface area (Å²) in [7, 11) is 0. The number of nitrogens with one attached hydrogen (secondary N) is 1. The van der Waals surface area contributed by atoms with Gasteiger partial charge in [-0.15, -0.1) is 0 Å². The second-order valence-electron chi connectivity index (χ2n) is 11.4. The van der Waals surface area contributed by atoms with Gasteiger partial charge in [-0.2, -0.15) is 13.2 Å². The number of carbonyl (C=O) groups excluding carboxylic acids is 3. The molecule has 2 heterocycles. The third-order valence-corrected chi connectivity index (χ3v) is 9.08. The molecule has 0 saturated carbocycles. The van der Waals surface area contributed by atoms with Crippen molar-refractivity contribution in [2.24, 2.45) is 5.73 Å². The van der Waals surface area contributed by atoms with E-state index in [4.69, 9.17) is 26.8 Å². The molecule has 0 radical (unpaired) electrons. The van der Waals surface area contributed by atoms with E-state index in [1.165, 1.54) is 65.8 Å². The average Bonchev–Trinajstić information content (AvgIpc) is 3.35. The topological polar surface area (TPSA) is 138 Å². The zero-order valence-corrected chi connectivity index (χ0v) is 28.7. The molecule has 264 valence electrons. The minimum Gasteiger partial charge on any atom is -0.484 e. The number of primary amides is 1. The molecule has 4 aromatic rings. The molecule has 0 saturated heterocycles. The number of amides is 3. The highest BCUT2D eigenvalue weighted by atomic mass is 79.9. The van der Waals surface area contributed by atoms with E-state index in [1.807, 2.05) is 0 Å². The Morgan fingerprint density at radius 3 is 2.32 bits per heavy atom. The SMILES string of the molecule is C[C@H](Oc1ccc([C@H](C)NC(=O)c2c3n(c(=O)n2-c2ccc(OCC(F)(F)F)cc2)CCN(C(=O)c2ccc(Br)c(Cl)c2)C3)c(F)c1)C(N)=O. The van der Waals surface area contributed by atoms with Gasteiger partial charge < -0.3 is 25.4 Å². The molecule has 1 aromatic heterocycles. The quantitative estimate of drug-likeness (QED) is 0.203. The summed E-state index contributed by atoms with van der Waals surface area (Å²) in [4.78, 5) is 54.2. The number of nitrogens with zero attached hydrogens (tertiary/aromatic N) is 3. The van der Waals surface area contributed by atoms with E-state index in [0.717, 1.165) is 10.6 Å². The fraction of sp³-hybridized carbons (Fsp3) is 0.273. The van der Waals surface area contributed by atoms with Crippen LogP contribution in [0.25, 0.3) is 5.69 Å². The first kappa shape index (κ1) is 36.5. The zero-order valence-electron chi connectivity index (χ0n) is 26.4. The summed E-state index contributed by atoms with van der Waals surface area (Å²) < 4.78 is 66.4. The molecule has 17 heteroatoms. The smallest absolute Gasteiger partial charge is 0.422 e. The number of ether oxygens (including phenoxy) is 2. The number of hydrogen-bond donors (Lipinski definition) is 2. The molecule has 3 amide bonds. The first-order valence-electron chi connectivity index (χ1n) is 15.0. The van der Waals surface area contributed by atoms with E-state index in [9.17, 15) is 32.3 Å². The van der Waals surface area contributed by atoms with Crippen LogP contribution in [0.1, 0.15) is 52.0 Å². The van der Waals surface area contributed by atoms with Crippen molar-refractivity contribution in [3.8, 4) is 17.2 Å². The molecule has 0 fully saturated rings. The molecule has 3 N–H and O–H groups in total. The minimum absolute atomic E-state index is 0.0135. The van der Waals surface area contributed by atoms with Gasteiger partial charge in [-0.1, -0.05) is 17.7 Å². The van der Waals surface area contributed by atoms with E-state index < -0.39 is 54.2 Å². The number of nitrogens with two attached hydrogens (primary N) is 1. The first-order chi connectivity index (χ1) is 23.5. The standard InChI is InChI=1S/C33H29BrClF4N5O6/c1-17(23-9-8-22(14-26(23)36)50-18(2)29(40)45)41-30(46)28-27-15-42(31(47)19-3-10-24(34)25(35)13-19)11-12-43(27)32(48)44(28)20-4-6-21(7-5-20)49-16-33(37,38)39/h3-10,13-14,17-18H,11-12,15-16H2,1-2H3,(H2,40,45)(H,41,46)/t17-,18-/m0/s1. The lowest BCUT2D eigenvalue weighted by molar-refractivity contribution is -0.153. The van der Waals surface area contributed by atoms with Crippen molar-refractivity contribution in [2.45, 2.75) is 45.3 Å². The van der Waals surface area contributed by atoms with E-state index in [2.05, 4.69) is 21.2 Å². The van der Waals surface area contributed by atoms with Crippen LogP contribution in [0.2, 0.25) is 5.02 Å². The number of hydrogen-bond acceptors (Lipinski definition) is 6. The average molecular weight is 783 g/mol. The summed E-state index contributed by atoms with van der Waals surface area (Å²) >= 11 is 9.50. The molecule has 50 heavy (non-hydrogen) atoms. The third kappa shape index (κ3) is 7.97. The van der Waals surface area contributed by atoms with Crippen molar-refractivity contribution >= 4 is 45.3 Å². The molecule has 0 bridgehead atoms. The van der Waals surface area contributed by atoms with Gasteiger partial charge in [-0.3, -0.25) is 23.5 Å². The molecule has 0 unspecified atom stereocenters. The van der Waals surface area contributed by atoms with Crippen LogP contribution in [0.15, 0.2) is 69.9 Å². The summed E-state index contributed by atoms with van der Waals surface area (Å²) in [5.74, 6) is -2.81. The number of carbonyl (C=O) groups is 3. The highest BCUT2D eigenvalue weighted by Crippen LogP contribution is 2.28. The number of alkyl halides is 3. The molecular formula is C33H29BrClF4N5O6. The van der Waals surface area contributed by atoms with Crippen LogP contribution in [0.5, 0.6) is 11.5 Å². The molecule has 3 aromatic carbocycles. The number of imidazole rings is 1. The molecule has 0 aliphatic carbocycles. The van der Waals surface area contributed by atoms with E-state index in [1.54, 1.807) is 12.1 Å². The maximum absolute atomic E-state index is 15.2. The third-order valence-electron chi connectivity index (χ3n) is 7.84. The molecule has 1 aliphatic rings. The number of fused-ring (bicyclic) bond motifs is 1. The predicted molar refractivity (Wildman–Crippen MR) is 177 cm³/mol. The Balaban J connectivity index is 1.50. The van der Waals surface area contributed by atoms with Crippen LogP contribution < -0.4 is 26.2 Å². The predicted octanol–water partition coefficient (Wildman–Crippen LogP) is 5.53. The van der Waals surface area contributed by atoms with Crippen LogP contribution in [0, 0.1) is 5.82 Å². The van der Waals surface area contributed by atoms with Crippen molar-refractivity contribution in [2.75, 3.05) is 13.2 Å². The summed E-state index contributed by atoms with van der Waals surface area (Å²) in [5, 5.41) is 3.01. The molecule has 2 atom stereocenters. The highest BCUT2D eigenvalue weighted by Gasteiger charge is 2.33. The first-order valence-corrected chi connectivity index (χ1v) is 16.2. The molecule has 0 spiro atoms. The van der Waals surface area contributed by atoms with Crippen LogP contribution in [-0.4, -0.2) is 57.2 Å². The lowest BCUT2D eigenvalue weighted by atomic mass is 10.1. The van der Waals surface area contributed by atoms with Crippen LogP contribution >= 0.6 is 27.5 Å². The Kier molecular flexibility index (Phi) is 10.6. The monoisotopic (exact) mass is 781 g/mol. The number of aromatic nitrogens is 2. The van der Waals surface area contributed by atoms with Gasteiger partial charge in [0, 0.05) is 34.8 Å². The van der Waals surface area contributed by atoms with Gasteiger partial charge in [-0.25, -0.2) is 9.18 Å². The highest BCUT2D eigenvalue weighted by molar-refractivity contribution is 9.10. The normalized spacial score (nSPS) is 14.0. The van der Waals surface area contributed by atoms with Crippen molar-refractivity contribution in [3.63, 3.8) is 0 Å². The van der Waals surface area contributed by atoms with Crippen molar-refractivity contribution in [1.82, 2.24) is 19.4 Å². The van der Waals surface area contributed by atoms with Crippen LogP contribution in [0.3, 0.4) is 0 Å². The van der Waals surface area contributed by atoms with Crippen LogP contribution in [0.4, 0.5) is 17.6 Å². The molecule has 5 rings (SSSR count). The van der Waals surface area contributed by atoms with Gasteiger partial charge in [0.05, 0.1) is 29.0 Å². The zero-order chi connectivity index (χ0) is 36.5. The largest absolute Gasteiger partial charge is 0.484 e. The van der Waals surface area contributed by atoms with E-state index in [0.29, 0.717) is 9.50 Å². The van der Waals surface area contributed by atoms with Gasteiger partial charge in [0.2, 0.25) is 0 Å². The Labute approximate surface area is 295 Å². The van der Waals surface area contributed by atoms with Crippen molar-refractivity contribution in [3.05, 3.63) is 109 Å². The van der Waals surface area contributed by atoms with Crippen LogP contribution in [-0.2, 0) is 17.9 Å². The number of halogens is 6. The van der Waals surface area contributed by atoms with Gasteiger partial charge in [0.1, 0.15) is 23.0 Å². The van der Waals surface area contributed by atoms with Gasteiger partial charge in [0.25, 0.3) is 17.7 Å². The lowest BCUT2D eigenvalue weighted by Crippen LogP contribution is -2.41. The second-order valence-corrected chi connectivity index (χ2v) is 12.6. The van der Waals surface area contributed by atoms with Crippen molar-refractivity contribution in [1.29, 1.82) is 0 Å². The Hall–Kier alpha value is -4.83. The molecular weight excluding hydrogens is 754 g/mol. The minimum atomic E-state index is -4.57. The van der Waals surface area contributed by atoms with Gasteiger partial charge in [0.15, 0.2) is 12.7 Å². The Bertz CT molecular complexity index is 2020. The molecule has 11 nitrogen and oxygen atoms in total. The molecule has 1 aliphatic heterocycles. The van der Waals surface area contributed by atoms with E-state index in [-0.39, 0.29) is 59.3 Å². The summed E-state index contributed by atoms with van der Waals surface area (Å²) in [6.07, 6.45) is -5.59. The maximum Gasteiger partial charge on any atom is 0.422 e. The fourth-order valence-corrected chi connectivity index (χ4v) is 5.74. The fourth-order valence-electron chi connectivity index (χ4n) is 5.31. The summed E-state index contributed by atoms with van der Waals surface area (Å²) in [6.45, 7) is 1.34. The Morgan fingerprint density at radius 2 is 1.70 bits per heavy atom.